The van der Waals surface area contributed by atoms with E-state index in [1.54, 1.807) is 28.7 Å². The maximum absolute atomic E-state index is 12.9. The maximum Gasteiger partial charge on any atom is 0.201 e. The molecule has 3 aromatic rings. The third-order valence-corrected chi connectivity index (χ3v) is 3.07. The Labute approximate surface area is 120 Å². The van der Waals surface area contributed by atoms with E-state index in [1.165, 1.54) is 12.3 Å². The minimum absolute atomic E-state index is 0.384. The normalized spacial score (nSPS) is 12.0. The Hall–Kier alpha value is -2.94. The second-order valence-electron chi connectivity index (χ2n) is 4.47. The zero-order valence-corrected chi connectivity index (χ0v) is 11.2. The molecule has 21 heavy (non-hydrogen) atoms. The highest BCUT2D eigenvalue weighted by Gasteiger charge is 2.13. The molecule has 0 amide bonds. The van der Waals surface area contributed by atoms with Crippen molar-refractivity contribution < 1.29 is 9.13 Å². The molecule has 104 valence electrons. The third kappa shape index (κ3) is 2.41. The summed E-state index contributed by atoms with van der Waals surface area (Å²) >= 11 is 0. The van der Waals surface area contributed by atoms with Gasteiger partial charge < -0.3 is 4.74 Å². The molecule has 5 nitrogen and oxygen atoms in total. The van der Waals surface area contributed by atoms with Gasteiger partial charge in [-0.2, -0.15) is 5.26 Å². The second-order valence-corrected chi connectivity index (χ2v) is 4.47. The van der Waals surface area contributed by atoms with Crippen molar-refractivity contribution in [1.82, 2.24) is 14.4 Å². The molecule has 6 heteroatoms. The van der Waals surface area contributed by atoms with Crippen LogP contribution in [0.4, 0.5) is 4.39 Å². The molecule has 0 aromatic carbocycles. The van der Waals surface area contributed by atoms with Gasteiger partial charge in [0, 0.05) is 0 Å². The predicted octanol–water partition coefficient (Wildman–Crippen LogP) is 2.88. The topological polar surface area (TPSA) is 63.2 Å². The van der Waals surface area contributed by atoms with Gasteiger partial charge in [-0.3, -0.25) is 9.38 Å². The summed E-state index contributed by atoms with van der Waals surface area (Å²) in [5, 5.41) is 9.11. The van der Waals surface area contributed by atoms with Gasteiger partial charge >= 0.3 is 0 Å². The zero-order valence-electron chi connectivity index (χ0n) is 11.2. The fourth-order valence-electron chi connectivity index (χ4n) is 2.05. The maximum atomic E-state index is 12.9. The summed E-state index contributed by atoms with van der Waals surface area (Å²) in [6, 6.07) is 10.3. The summed E-state index contributed by atoms with van der Waals surface area (Å²) in [6.07, 6.45) is 2.25. The minimum atomic E-state index is -0.394. The summed E-state index contributed by atoms with van der Waals surface area (Å²) < 4.78 is 20.4. The van der Waals surface area contributed by atoms with Gasteiger partial charge in [-0.05, 0) is 31.2 Å². The van der Waals surface area contributed by atoms with Crippen LogP contribution in [-0.4, -0.2) is 14.4 Å². The number of rotatable bonds is 3. The van der Waals surface area contributed by atoms with Crippen LogP contribution in [0.2, 0.25) is 0 Å². The fourth-order valence-corrected chi connectivity index (χ4v) is 2.05. The van der Waals surface area contributed by atoms with Crippen LogP contribution >= 0.6 is 0 Å². The number of imidazole rings is 1. The van der Waals surface area contributed by atoms with E-state index in [4.69, 9.17) is 10.00 Å². The Balaban J connectivity index is 1.96. The van der Waals surface area contributed by atoms with Gasteiger partial charge in [0.05, 0.1) is 18.1 Å². The molecule has 0 spiro atoms. The molecule has 0 saturated heterocycles. The van der Waals surface area contributed by atoms with Gasteiger partial charge in [0.2, 0.25) is 5.88 Å². The van der Waals surface area contributed by atoms with Crippen molar-refractivity contribution in [3.63, 3.8) is 0 Å². The molecule has 0 fully saturated rings. The largest absolute Gasteiger partial charge is 0.469 e. The first-order chi connectivity index (χ1) is 10.2. The molecule has 0 N–H and O–H groups in total. The molecule has 3 aromatic heterocycles. The highest BCUT2D eigenvalue weighted by Crippen LogP contribution is 2.23. The van der Waals surface area contributed by atoms with E-state index in [1.807, 2.05) is 6.92 Å². The minimum Gasteiger partial charge on any atom is -0.469 e. The Morgan fingerprint density at radius 2 is 2.10 bits per heavy atom. The van der Waals surface area contributed by atoms with E-state index >= 15 is 0 Å². The van der Waals surface area contributed by atoms with Gasteiger partial charge in [0.1, 0.15) is 29.3 Å². The average Bonchev–Trinajstić information content (AvgIpc) is 2.92. The fraction of sp³-hybridized carbons (Fsp3) is 0.133. The number of hydrogen-bond acceptors (Lipinski definition) is 4. The number of pyridine rings is 2. The van der Waals surface area contributed by atoms with Gasteiger partial charge in [0.15, 0.2) is 0 Å². The van der Waals surface area contributed by atoms with E-state index in [0.29, 0.717) is 22.9 Å². The van der Waals surface area contributed by atoms with Crippen LogP contribution in [0.5, 0.6) is 5.88 Å². The molecule has 0 saturated carbocycles. The first-order valence-electron chi connectivity index (χ1n) is 6.33. The molecule has 0 radical (unpaired) electrons. The Morgan fingerprint density at radius 1 is 1.24 bits per heavy atom. The van der Waals surface area contributed by atoms with Crippen molar-refractivity contribution >= 4 is 5.65 Å². The van der Waals surface area contributed by atoms with Crippen LogP contribution in [0.3, 0.4) is 0 Å². The van der Waals surface area contributed by atoms with Crippen molar-refractivity contribution in [2.24, 2.45) is 0 Å². The van der Waals surface area contributed by atoms with Gasteiger partial charge in [-0.1, -0.05) is 6.07 Å². The van der Waals surface area contributed by atoms with E-state index in [-0.39, 0.29) is 6.10 Å². The first kappa shape index (κ1) is 13.1. The van der Waals surface area contributed by atoms with Crippen LogP contribution in [0, 0.1) is 17.1 Å². The van der Waals surface area contributed by atoms with Crippen LogP contribution in [0.15, 0.2) is 42.7 Å². The van der Waals surface area contributed by atoms with E-state index in [2.05, 4.69) is 16.0 Å². The van der Waals surface area contributed by atoms with Crippen LogP contribution in [-0.2, 0) is 0 Å². The Morgan fingerprint density at radius 3 is 2.81 bits per heavy atom. The summed E-state index contributed by atoms with van der Waals surface area (Å²) in [5.74, 6) is 0.0922. The van der Waals surface area contributed by atoms with Crippen LogP contribution in [0.25, 0.3) is 5.65 Å². The number of halogens is 1. The van der Waals surface area contributed by atoms with Crippen molar-refractivity contribution in [2.45, 2.75) is 13.0 Å². The predicted molar refractivity (Wildman–Crippen MR) is 73.1 cm³/mol. The molecule has 1 atom stereocenters. The Bertz CT molecular complexity index is 820. The SMILES string of the molecule is C[C@@H](Oc1cccc2ncc(C#N)n12)c1ccc(F)cn1. The van der Waals surface area contributed by atoms with Crippen molar-refractivity contribution in [1.29, 1.82) is 5.26 Å². The zero-order chi connectivity index (χ0) is 14.8. The summed E-state index contributed by atoms with van der Waals surface area (Å²) in [4.78, 5) is 8.13. The number of nitriles is 1. The highest BCUT2D eigenvalue weighted by atomic mass is 19.1. The number of fused-ring (bicyclic) bond motifs is 1. The summed E-state index contributed by atoms with van der Waals surface area (Å²) in [5.41, 5.74) is 1.62. The van der Waals surface area contributed by atoms with E-state index < -0.39 is 5.82 Å². The van der Waals surface area contributed by atoms with Crippen molar-refractivity contribution in [3.8, 4) is 11.9 Å². The average molecular weight is 282 g/mol. The van der Waals surface area contributed by atoms with Gasteiger partial charge in [-0.25, -0.2) is 9.37 Å². The molecular formula is C15H11FN4O. The van der Waals surface area contributed by atoms with Gasteiger partial charge in [0.25, 0.3) is 0 Å². The number of aromatic nitrogens is 3. The summed E-state index contributed by atoms with van der Waals surface area (Å²) in [6.45, 7) is 1.81. The molecule has 0 unspecified atom stereocenters. The lowest BCUT2D eigenvalue weighted by atomic mass is 10.2. The molecule has 0 aliphatic carbocycles. The highest BCUT2D eigenvalue weighted by molar-refractivity contribution is 5.47. The lowest BCUT2D eigenvalue weighted by Crippen LogP contribution is -2.08. The van der Waals surface area contributed by atoms with Crippen LogP contribution in [0.1, 0.15) is 24.4 Å². The lowest BCUT2D eigenvalue weighted by Gasteiger charge is -2.15. The lowest BCUT2D eigenvalue weighted by molar-refractivity contribution is 0.209. The van der Waals surface area contributed by atoms with Crippen molar-refractivity contribution in [2.75, 3.05) is 0 Å². The molecule has 0 aliphatic heterocycles. The molecular weight excluding hydrogens is 271 g/mol. The summed E-state index contributed by atoms with van der Waals surface area (Å²) in [7, 11) is 0. The van der Waals surface area contributed by atoms with Crippen molar-refractivity contribution in [3.05, 3.63) is 59.9 Å². The third-order valence-electron chi connectivity index (χ3n) is 3.07. The number of nitrogens with zero attached hydrogens (tertiary/aromatic N) is 4. The Kier molecular flexibility index (Phi) is 3.24. The molecule has 3 rings (SSSR count). The smallest absolute Gasteiger partial charge is 0.201 e. The molecule has 0 bridgehead atoms. The quantitative estimate of drug-likeness (QED) is 0.741. The molecule has 3 heterocycles. The van der Waals surface area contributed by atoms with Crippen LogP contribution < -0.4 is 4.74 Å². The number of hydrogen-bond donors (Lipinski definition) is 0. The molecule has 0 aliphatic rings. The standard InChI is InChI=1S/C15H11FN4O/c1-10(13-6-5-11(16)8-18-13)21-15-4-2-3-14-19-9-12(7-17)20(14)15/h2-6,8-10H,1H3/t10-/m1/s1. The van der Waals surface area contributed by atoms with E-state index in [9.17, 15) is 4.39 Å². The van der Waals surface area contributed by atoms with Gasteiger partial charge in [-0.15, -0.1) is 0 Å². The monoisotopic (exact) mass is 282 g/mol. The number of ether oxygens (including phenoxy) is 1. The van der Waals surface area contributed by atoms with E-state index in [0.717, 1.165) is 6.20 Å². The second kappa shape index (κ2) is 5.21. The first-order valence-corrected chi connectivity index (χ1v) is 6.33.